The third kappa shape index (κ3) is 4.51. The Kier molecular flexibility index (Phi) is 6.11. The van der Waals surface area contributed by atoms with Crippen LogP contribution in [0, 0.1) is 23.4 Å². The van der Waals surface area contributed by atoms with Crippen LogP contribution in [-0.2, 0) is 0 Å². The van der Waals surface area contributed by atoms with Crippen LogP contribution in [0.25, 0.3) is 11.1 Å². The standard InChI is InChI=1S/C23H22F6/c1-3-14-4-6-15(7-5-14)16-8-9-18(19(24)10-16)17-11-20(25)22(21(26)12-17)13(2)23(27,28)29/h3,8-15H,1,4-7H2,2H3. The Morgan fingerprint density at radius 2 is 1.52 bits per heavy atom. The summed E-state index contributed by atoms with van der Waals surface area (Å²) in [5.41, 5.74) is -0.413. The predicted octanol–water partition coefficient (Wildman–Crippen LogP) is 7.90. The summed E-state index contributed by atoms with van der Waals surface area (Å²) in [7, 11) is 0. The summed E-state index contributed by atoms with van der Waals surface area (Å²) in [6, 6.07) is 6.03. The van der Waals surface area contributed by atoms with Gasteiger partial charge in [-0.25, -0.2) is 13.2 Å². The molecule has 0 aromatic heterocycles. The van der Waals surface area contributed by atoms with Gasteiger partial charge in [0, 0.05) is 11.1 Å². The summed E-state index contributed by atoms with van der Waals surface area (Å²) in [6.07, 6.45) is 0.929. The summed E-state index contributed by atoms with van der Waals surface area (Å²) >= 11 is 0. The molecule has 0 bridgehead atoms. The summed E-state index contributed by atoms with van der Waals surface area (Å²) in [5, 5.41) is 0. The number of hydrogen-bond acceptors (Lipinski definition) is 0. The smallest absolute Gasteiger partial charge is 0.207 e. The van der Waals surface area contributed by atoms with Crippen molar-refractivity contribution >= 4 is 0 Å². The fourth-order valence-corrected chi connectivity index (χ4v) is 4.02. The van der Waals surface area contributed by atoms with E-state index in [9.17, 15) is 26.3 Å². The van der Waals surface area contributed by atoms with Gasteiger partial charge in [-0.15, -0.1) is 6.58 Å². The van der Waals surface area contributed by atoms with Crippen molar-refractivity contribution in [3.63, 3.8) is 0 Å². The Hall–Kier alpha value is -2.24. The molecule has 0 heterocycles. The number of benzene rings is 2. The van der Waals surface area contributed by atoms with Crippen molar-refractivity contribution < 1.29 is 26.3 Å². The molecule has 0 N–H and O–H groups in total. The van der Waals surface area contributed by atoms with Gasteiger partial charge in [-0.2, -0.15) is 13.2 Å². The van der Waals surface area contributed by atoms with Gasteiger partial charge in [0.05, 0.1) is 5.92 Å². The lowest BCUT2D eigenvalue weighted by molar-refractivity contribution is -0.147. The van der Waals surface area contributed by atoms with Crippen molar-refractivity contribution in [2.75, 3.05) is 0 Å². The molecule has 1 saturated carbocycles. The van der Waals surface area contributed by atoms with Gasteiger partial charge in [-0.3, -0.25) is 0 Å². The van der Waals surface area contributed by atoms with Crippen LogP contribution in [0.15, 0.2) is 43.0 Å². The Balaban J connectivity index is 1.89. The first-order chi connectivity index (χ1) is 13.6. The van der Waals surface area contributed by atoms with E-state index in [4.69, 9.17) is 0 Å². The van der Waals surface area contributed by atoms with Crippen molar-refractivity contribution in [3.8, 4) is 11.1 Å². The zero-order valence-electron chi connectivity index (χ0n) is 16.0. The van der Waals surface area contributed by atoms with Crippen LogP contribution in [0.1, 0.15) is 55.6 Å². The Morgan fingerprint density at radius 3 is 2.00 bits per heavy atom. The molecule has 0 amide bonds. The van der Waals surface area contributed by atoms with Crippen LogP contribution in [0.5, 0.6) is 0 Å². The maximum Gasteiger partial charge on any atom is 0.395 e. The fourth-order valence-electron chi connectivity index (χ4n) is 4.02. The molecule has 1 aliphatic rings. The normalized spacial score (nSPS) is 21.1. The van der Waals surface area contributed by atoms with Gasteiger partial charge in [0.25, 0.3) is 0 Å². The van der Waals surface area contributed by atoms with Crippen LogP contribution < -0.4 is 0 Å². The van der Waals surface area contributed by atoms with E-state index >= 15 is 0 Å². The molecule has 29 heavy (non-hydrogen) atoms. The molecular weight excluding hydrogens is 390 g/mol. The Labute approximate surface area is 166 Å². The molecule has 0 nitrogen and oxygen atoms in total. The molecule has 6 heteroatoms. The third-order valence-corrected chi connectivity index (χ3v) is 5.88. The minimum Gasteiger partial charge on any atom is -0.207 e. The summed E-state index contributed by atoms with van der Waals surface area (Å²) in [6.45, 7) is 4.49. The monoisotopic (exact) mass is 412 g/mol. The van der Waals surface area contributed by atoms with Gasteiger partial charge in [0.15, 0.2) is 0 Å². The minimum absolute atomic E-state index is 0.0439. The SMILES string of the molecule is C=CC1CCC(c2ccc(-c3cc(F)c(C(C)C(F)(F)F)c(F)c3)c(F)c2)CC1. The molecule has 2 aromatic carbocycles. The first kappa shape index (κ1) is 21.5. The van der Waals surface area contributed by atoms with E-state index in [1.165, 1.54) is 12.1 Å². The van der Waals surface area contributed by atoms with E-state index in [1.54, 1.807) is 6.07 Å². The van der Waals surface area contributed by atoms with E-state index in [1.807, 2.05) is 6.08 Å². The highest BCUT2D eigenvalue weighted by Gasteiger charge is 2.40. The van der Waals surface area contributed by atoms with Crippen molar-refractivity contribution in [3.05, 3.63) is 71.6 Å². The van der Waals surface area contributed by atoms with E-state index in [0.717, 1.165) is 43.4 Å². The second-order valence-corrected chi connectivity index (χ2v) is 7.70. The second-order valence-electron chi connectivity index (χ2n) is 7.70. The molecule has 1 atom stereocenters. The molecule has 2 aromatic rings. The average molecular weight is 412 g/mol. The van der Waals surface area contributed by atoms with Crippen molar-refractivity contribution in [2.24, 2.45) is 5.92 Å². The molecule has 0 spiro atoms. The molecule has 0 saturated heterocycles. The Bertz CT molecular complexity index is 868. The molecule has 0 aliphatic heterocycles. The quantitative estimate of drug-likeness (QED) is 0.354. The molecular formula is C23H22F6. The van der Waals surface area contributed by atoms with Crippen LogP contribution in [0.4, 0.5) is 26.3 Å². The lowest BCUT2D eigenvalue weighted by Crippen LogP contribution is -2.20. The first-order valence-corrected chi connectivity index (χ1v) is 9.59. The van der Waals surface area contributed by atoms with Crippen molar-refractivity contribution in [1.82, 2.24) is 0 Å². The highest BCUT2D eigenvalue weighted by molar-refractivity contribution is 5.65. The maximum absolute atomic E-state index is 14.7. The van der Waals surface area contributed by atoms with Crippen LogP contribution in [-0.4, -0.2) is 6.18 Å². The van der Waals surface area contributed by atoms with E-state index in [2.05, 4.69) is 6.58 Å². The van der Waals surface area contributed by atoms with Crippen molar-refractivity contribution in [1.29, 1.82) is 0 Å². The molecule has 1 aliphatic carbocycles. The molecule has 0 radical (unpaired) electrons. The number of halogens is 6. The van der Waals surface area contributed by atoms with Crippen LogP contribution >= 0.6 is 0 Å². The number of hydrogen-bond donors (Lipinski definition) is 0. The van der Waals surface area contributed by atoms with Gasteiger partial charge < -0.3 is 0 Å². The number of alkyl halides is 3. The maximum atomic E-state index is 14.7. The average Bonchev–Trinajstić information content (AvgIpc) is 2.66. The molecule has 156 valence electrons. The van der Waals surface area contributed by atoms with E-state index in [-0.39, 0.29) is 17.0 Å². The topological polar surface area (TPSA) is 0 Å². The minimum atomic E-state index is -4.78. The van der Waals surface area contributed by atoms with Gasteiger partial charge in [0.1, 0.15) is 17.5 Å². The van der Waals surface area contributed by atoms with Gasteiger partial charge in [-0.05, 0) is 73.8 Å². The van der Waals surface area contributed by atoms with E-state index < -0.39 is 35.1 Å². The lowest BCUT2D eigenvalue weighted by Gasteiger charge is -2.27. The summed E-state index contributed by atoms with van der Waals surface area (Å²) in [5.74, 6) is -4.94. The number of rotatable bonds is 4. The third-order valence-electron chi connectivity index (χ3n) is 5.88. The first-order valence-electron chi connectivity index (χ1n) is 9.59. The van der Waals surface area contributed by atoms with Crippen molar-refractivity contribution in [2.45, 2.75) is 50.6 Å². The molecule has 3 rings (SSSR count). The lowest BCUT2D eigenvalue weighted by atomic mass is 9.78. The second kappa shape index (κ2) is 8.25. The summed E-state index contributed by atoms with van der Waals surface area (Å²) in [4.78, 5) is 0. The Morgan fingerprint density at radius 1 is 0.931 bits per heavy atom. The van der Waals surface area contributed by atoms with Gasteiger partial charge >= 0.3 is 6.18 Å². The summed E-state index contributed by atoms with van der Waals surface area (Å²) < 4.78 is 81.8. The predicted molar refractivity (Wildman–Crippen MR) is 101 cm³/mol. The highest BCUT2D eigenvalue weighted by Crippen LogP contribution is 2.40. The van der Waals surface area contributed by atoms with E-state index in [0.29, 0.717) is 12.8 Å². The van der Waals surface area contributed by atoms with Crippen LogP contribution in [0.2, 0.25) is 0 Å². The van der Waals surface area contributed by atoms with Gasteiger partial charge in [0.2, 0.25) is 0 Å². The fraction of sp³-hybridized carbons (Fsp3) is 0.391. The molecule has 1 unspecified atom stereocenters. The zero-order chi connectivity index (χ0) is 21.3. The molecule has 1 fully saturated rings. The highest BCUT2D eigenvalue weighted by atomic mass is 19.4. The zero-order valence-corrected chi connectivity index (χ0v) is 16.0. The van der Waals surface area contributed by atoms with Gasteiger partial charge in [-0.1, -0.05) is 18.2 Å². The number of allylic oxidation sites excluding steroid dienone is 1. The van der Waals surface area contributed by atoms with Crippen LogP contribution in [0.3, 0.4) is 0 Å². The largest absolute Gasteiger partial charge is 0.395 e.